The van der Waals surface area contributed by atoms with Crippen molar-refractivity contribution in [3.8, 4) is 11.5 Å². The fourth-order valence-corrected chi connectivity index (χ4v) is 1.88. The molecule has 0 radical (unpaired) electrons. The molecule has 0 bridgehead atoms. The van der Waals surface area contributed by atoms with Gasteiger partial charge in [0.05, 0.1) is 16.1 Å². The maximum absolute atomic E-state index is 6.08. The van der Waals surface area contributed by atoms with Crippen molar-refractivity contribution in [1.82, 2.24) is 10.1 Å². The Balaban J connectivity index is 2.41. The highest BCUT2D eigenvalue weighted by molar-refractivity contribution is 6.36. The van der Waals surface area contributed by atoms with Gasteiger partial charge in [-0.3, -0.25) is 0 Å². The van der Waals surface area contributed by atoms with E-state index in [9.17, 15) is 0 Å². The van der Waals surface area contributed by atoms with Gasteiger partial charge in [-0.15, -0.1) is 0 Å². The third-order valence-electron chi connectivity index (χ3n) is 2.83. The van der Waals surface area contributed by atoms with Gasteiger partial charge >= 0.3 is 0 Å². The summed E-state index contributed by atoms with van der Waals surface area (Å²) < 4.78 is 5.19. The van der Waals surface area contributed by atoms with Gasteiger partial charge < -0.3 is 10.3 Å². The summed E-state index contributed by atoms with van der Waals surface area (Å²) in [5, 5.41) is 4.92. The lowest BCUT2D eigenvalue weighted by Crippen LogP contribution is -2.33. The molecular formula is C12H13Cl2N3O. The van der Waals surface area contributed by atoms with Crippen molar-refractivity contribution in [1.29, 1.82) is 0 Å². The number of nitrogens with zero attached hydrogens (tertiary/aromatic N) is 2. The Kier molecular flexibility index (Phi) is 3.61. The SMILES string of the molecule is CCC(C)(N)c1noc(-c2ccc(Cl)cc2Cl)n1. The molecule has 1 heterocycles. The second-order valence-electron chi connectivity index (χ2n) is 4.32. The van der Waals surface area contributed by atoms with Gasteiger partial charge in [0, 0.05) is 5.02 Å². The summed E-state index contributed by atoms with van der Waals surface area (Å²) in [5.41, 5.74) is 6.09. The molecule has 0 aliphatic rings. The van der Waals surface area contributed by atoms with Crippen LogP contribution in [0, 0.1) is 0 Å². The van der Waals surface area contributed by atoms with Crippen LogP contribution in [0.2, 0.25) is 10.0 Å². The fourth-order valence-electron chi connectivity index (χ4n) is 1.39. The summed E-state index contributed by atoms with van der Waals surface area (Å²) in [7, 11) is 0. The largest absolute Gasteiger partial charge is 0.334 e. The van der Waals surface area contributed by atoms with Gasteiger partial charge in [-0.1, -0.05) is 35.3 Å². The van der Waals surface area contributed by atoms with Gasteiger partial charge in [0.15, 0.2) is 5.82 Å². The first-order chi connectivity index (χ1) is 8.44. The Morgan fingerprint density at radius 2 is 2.11 bits per heavy atom. The van der Waals surface area contributed by atoms with Crippen LogP contribution < -0.4 is 5.73 Å². The molecule has 2 rings (SSSR count). The topological polar surface area (TPSA) is 64.9 Å². The Morgan fingerprint density at radius 3 is 2.72 bits per heavy atom. The average molecular weight is 286 g/mol. The van der Waals surface area contributed by atoms with Crippen LogP contribution in [-0.4, -0.2) is 10.1 Å². The monoisotopic (exact) mass is 285 g/mol. The Labute approximate surface area is 115 Å². The van der Waals surface area contributed by atoms with Crippen molar-refractivity contribution >= 4 is 23.2 Å². The van der Waals surface area contributed by atoms with Crippen molar-refractivity contribution < 1.29 is 4.52 Å². The van der Waals surface area contributed by atoms with E-state index in [1.54, 1.807) is 18.2 Å². The van der Waals surface area contributed by atoms with Crippen LogP contribution in [0.1, 0.15) is 26.1 Å². The summed E-state index contributed by atoms with van der Waals surface area (Å²) in [6.45, 7) is 3.82. The maximum Gasteiger partial charge on any atom is 0.259 e. The van der Waals surface area contributed by atoms with E-state index >= 15 is 0 Å². The first-order valence-corrected chi connectivity index (χ1v) is 6.28. The van der Waals surface area contributed by atoms with Crippen LogP contribution in [0.5, 0.6) is 0 Å². The van der Waals surface area contributed by atoms with Crippen LogP contribution in [0.4, 0.5) is 0 Å². The Hall–Kier alpha value is -1.10. The number of nitrogens with two attached hydrogens (primary N) is 1. The predicted molar refractivity (Wildman–Crippen MR) is 71.6 cm³/mol. The highest BCUT2D eigenvalue weighted by Gasteiger charge is 2.26. The molecule has 2 N–H and O–H groups in total. The molecule has 0 fully saturated rings. The quantitative estimate of drug-likeness (QED) is 0.935. The van der Waals surface area contributed by atoms with Crippen LogP contribution in [0.3, 0.4) is 0 Å². The normalized spacial score (nSPS) is 14.5. The van der Waals surface area contributed by atoms with Crippen LogP contribution in [0.25, 0.3) is 11.5 Å². The molecular weight excluding hydrogens is 273 g/mol. The first-order valence-electron chi connectivity index (χ1n) is 5.52. The van der Waals surface area contributed by atoms with E-state index in [1.807, 2.05) is 13.8 Å². The standard InChI is InChI=1S/C12H13Cl2N3O/c1-3-12(2,15)11-16-10(18-17-11)8-5-4-7(13)6-9(8)14/h4-6H,3,15H2,1-2H3. The van der Waals surface area contributed by atoms with E-state index in [0.717, 1.165) is 0 Å². The lowest BCUT2D eigenvalue weighted by Gasteiger charge is -2.16. The summed E-state index contributed by atoms with van der Waals surface area (Å²) in [6.07, 6.45) is 0.709. The van der Waals surface area contributed by atoms with Crippen molar-refractivity contribution in [2.75, 3.05) is 0 Å². The first kappa shape index (κ1) is 13.3. The zero-order chi connectivity index (χ0) is 13.3. The van der Waals surface area contributed by atoms with Crippen molar-refractivity contribution in [2.45, 2.75) is 25.8 Å². The molecule has 0 saturated heterocycles. The number of halogens is 2. The predicted octanol–water partition coefficient (Wildman–Crippen LogP) is 3.63. The third-order valence-corrected chi connectivity index (χ3v) is 3.38. The number of benzene rings is 1. The van der Waals surface area contributed by atoms with Crippen molar-refractivity contribution in [3.63, 3.8) is 0 Å². The van der Waals surface area contributed by atoms with Gasteiger partial charge in [0.2, 0.25) is 0 Å². The van der Waals surface area contributed by atoms with E-state index in [0.29, 0.717) is 33.7 Å². The van der Waals surface area contributed by atoms with Gasteiger partial charge in [-0.25, -0.2) is 0 Å². The minimum Gasteiger partial charge on any atom is -0.334 e. The highest BCUT2D eigenvalue weighted by atomic mass is 35.5. The second kappa shape index (κ2) is 4.88. The molecule has 4 nitrogen and oxygen atoms in total. The van der Waals surface area contributed by atoms with E-state index in [4.69, 9.17) is 33.5 Å². The van der Waals surface area contributed by atoms with E-state index in [-0.39, 0.29) is 0 Å². The zero-order valence-corrected chi connectivity index (χ0v) is 11.6. The molecule has 0 spiro atoms. The molecule has 18 heavy (non-hydrogen) atoms. The van der Waals surface area contributed by atoms with Crippen molar-refractivity contribution in [2.24, 2.45) is 5.73 Å². The van der Waals surface area contributed by atoms with Gasteiger partial charge in [-0.2, -0.15) is 4.98 Å². The molecule has 2 aromatic rings. The number of hydrogen-bond acceptors (Lipinski definition) is 4. The molecule has 0 amide bonds. The minimum absolute atomic E-state index is 0.344. The van der Waals surface area contributed by atoms with E-state index < -0.39 is 5.54 Å². The highest BCUT2D eigenvalue weighted by Crippen LogP contribution is 2.30. The number of rotatable bonds is 3. The molecule has 0 aliphatic heterocycles. The Bertz CT molecular complexity index is 566. The third kappa shape index (κ3) is 2.51. The molecule has 1 aromatic carbocycles. The van der Waals surface area contributed by atoms with Crippen LogP contribution >= 0.6 is 23.2 Å². The summed E-state index contributed by atoms with van der Waals surface area (Å²) >= 11 is 11.9. The molecule has 6 heteroatoms. The molecule has 96 valence electrons. The van der Waals surface area contributed by atoms with E-state index in [2.05, 4.69) is 10.1 Å². The van der Waals surface area contributed by atoms with Gasteiger partial charge in [-0.05, 0) is 31.5 Å². The second-order valence-corrected chi connectivity index (χ2v) is 5.16. The smallest absolute Gasteiger partial charge is 0.259 e. The number of aromatic nitrogens is 2. The van der Waals surface area contributed by atoms with Gasteiger partial charge in [0.1, 0.15) is 0 Å². The molecule has 1 aromatic heterocycles. The summed E-state index contributed by atoms with van der Waals surface area (Å²) in [4.78, 5) is 4.28. The van der Waals surface area contributed by atoms with Crippen LogP contribution in [-0.2, 0) is 5.54 Å². The Morgan fingerprint density at radius 1 is 1.39 bits per heavy atom. The molecule has 1 unspecified atom stereocenters. The summed E-state index contributed by atoms with van der Waals surface area (Å²) in [6, 6.07) is 5.08. The van der Waals surface area contributed by atoms with Crippen LogP contribution in [0.15, 0.2) is 22.7 Å². The minimum atomic E-state index is -0.610. The molecule has 0 saturated carbocycles. The fraction of sp³-hybridized carbons (Fsp3) is 0.333. The lowest BCUT2D eigenvalue weighted by atomic mass is 10.00. The molecule has 0 aliphatic carbocycles. The maximum atomic E-state index is 6.08. The van der Waals surface area contributed by atoms with E-state index in [1.165, 1.54) is 0 Å². The number of hydrogen-bond donors (Lipinski definition) is 1. The van der Waals surface area contributed by atoms with Gasteiger partial charge in [0.25, 0.3) is 5.89 Å². The lowest BCUT2D eigenvalue weighted by molar-refractivity contribution is 0.379. The molecule has 1 atom stereocenters. The summed E-state index contributed by atoms with van der Waals surface area (Å²) in [5.74, 6) is 0.808. The van der Waals surface area contributed by atoms with Crippen molar-refractivity contribution in [3.05, 3.63) is 34.1 Å². The zero-order valence-electron chi connectivity index (χ0n) is 10.1. The average Bonchev–Trinajstić information content (AvgIpc) is 2.79.